The van der Waals surface area contributed by atoms with Crippen LogP contribution in [-0.2, 0) is 21.2 Å². The lowest BCUT2D eigenvalue weighted by Gasteiger charge is -2.31. The molecule has 2 aromatic rings. The monoisotopic (exact) mass is 388 g/mol. The van der Waals surface area contributed by atoms with E-state index < -0.39 is 10.0 Å². The van der Waals surface area contributed by atoms with Gasteiger partial charge in [-0.05, 0) is 48.2 Å². The van der Waals surface area contributed by atoms with Gasteiger partial charge in [0.1, 0.15) is 5.75 Å². The van der Waals surface area contributed by atoms with Crippen LogP contribution in [0, 0.1) is 5.92 Å². The summed E-state index contributed by atoms with van der Waals surface area (Å²) in [6.07, 6.45) is 1.04. The predicted octanol–water partition coefficient (Wildman–Crippen LogP) is 3.43. The number of nitrogens with zero attached hydrogens (tertiary/aromatic N) is 1. The van der Waals surface area contributed by atoms with Crippen LogP contribution >= 0.6 is 0 Å². The average Bonchev–Trinajstić information content (AvgIpc) is 2.63. The maximum Gasteiger partial charge on any atom is 0.262 e. The third-order valence-electron chi connectivity index (χ3n) is 4.43. The molecule has 0 saturated heterocycles. The van der Waals surface area contributed by atoms with Crippen LogP contribution in [0.5, 0.6) is 5.75 Å². The van der Waals surface area contributed by atoms with Crippen LogP contribution in [0.3, 0.4) is 0 Å². The second-order valence-electron chi connectivity index (χ2n) is 7.03. The van der Waals surface area contributed by atoms with Crippen LogP contribution < -0.4 is 14.4 Å². The molecule has 0 radical (unpaired) electrons. The molecule has 1 aliphatic heterocycles. The number of rotatable bonds is 6. The number of carbonyl (C=O) groups excluding carboxylic acids is 1. The van der Waals surface area contributed by atoms with Gasteiger partial charge in [0.05, 0.1) is 12.0 Å². The Bertz CT molecular complexity index is 954. The molecule has 0 unspecified atom stereocenters. The summed E-state index contributed by atoms with van der Waals surface area (Å²) >= 11 is 0. The van der Waals surface area contributed by atoms with Crippen molar-refractivity contribution < 1.29 is 17.9 Å². The number of benzene rings is 2. The van der Waals surface area contributed by atoms with E-state index in [0.717, 1.165) is 11.3 Å². The molecule has 1 amide bonds. The topological polar surface area (TPSA) is 75.7 Å². The lowest BCUT2D eigenvalue weighted by atomic mass is 9.99. The first-order valence-corrected chi connectivity index (χ1v) is 10.4. The maximum atomic E-state index is 12.7. The first-order chi connectivity index (χ1) is 12.8. The van der Waals surface area contributed by atoms with E-state index in [9.17, 15) is 13.2 Å². The minimum Gasteiger partial charge on any atom is -0.497 e. The Morgan fingerprint density at radius 3 is 2.63 bits per heavy atom. The average molecular weight is 388 g/mol. The van der Waals surface area contributed by atoms with Crippen molar-refractivity contribution in [1.29, 1.82) is 0 Å². The number of carbonyl (C=O) groups is 1. The quantitative estimate of drug-likeness (QED) is 0.823. The minimum absolute atomic E-state index is 0.112. The SMILES string of the molecule is COc1cccc(S(=O)(=O)Nc2ccc3c(c2)CCC(=O)N3CC(C)C)c1. The van der Waals surface area contributed by atoms with Crippen molar-refractivity contribution in [2.24, 2.45) is 5.92 Å². The fraction of sp³-hybridized carbons (Fsp3) is 0.350. The lowest BCUT2D eigenvalue weighted by molar-refractivity contribution is -0.119. The molecular formula is C20H24N2O4S. The highest BCUT2D eigenvalue weighted by Gasteiger charge is 2.25. The van der Waals surface area contributed by atoms with Gasteiger partial charge in [-0.1, -0.05) is 19.9 Å². The molecule has 144 valence electrons. The number of methoxy groups -OCH3 is 1. The zero-order valence-electron chi connectivity index (χ0n) is 15.7. The third kappa shape index (κ3) is 4.24. The summed E-state index contributed by atoms with van der Waals surface area (Å²) in [4.78, 5) is 14.2. The Morgan fingerprint density at radius 1 is 1.15 bits per heavy atom. The van der Waals surface area contributed by atoms with Gasteiger partial charge in [0.15, 0.2) is 0 Å². The third-order valence-corrected chi connectivity index (χ3v) is 5.81. The Hall–Kier alpha value is -2.54. The van der Waals surface area contributed by atoms with Gasteiger partial charge in [-0.3, -0.25) is 9.52 Å². The van der Waals surface area contributed by atoms with Gasteiger partial charge in [-0.25, -0.2) is 8.42 Å². The molecule has 0 aromatic heterocycles. The van der Waals surface area contributed by atoms with Crippen LogP contribution in [-0.4, -0.2) is 28.0 Å². The second kappa shape index (κ2) is 7.60. The molecule has 27 heavy (non-hydrogen) atoms. The standard InChI is InChI=1S/C20H24N2O4S/c1-14(2)13-22-19-9-8-16(11-15(19)7-10-20(22)23)21-27(24,25)18-6-4-5-17(12-18)26-3/h4-6,8-9,11-12,14,21H,7,10,13H2,1-3H3. The number of sulfonamides is 1. The van der Waals surface area contributed by atoms with Crippen molar-refractivity contribution in [1.82, 2.24) is 0 Å². The van der Waals surface area contributed by atoms with Crippen molar-refractivity contribution in [3.8, 4) is 5.75 Å². The fourth-order valence-electron chi connectivity index (χ4n) is 3.17. The molecule has 7 heteroatoms. The van der Waals surface area contributed by atoms with Gasteiger partial charge in [0.2, 0.25) is 5.91 Å². The smallest absolute Gasteiger partial charge is 0.262 e. The molecule has 6 nitrogen and oxygen atoms in total. The van der Waals surface area contributed by atoms with Gasteiger partial charge in [-0.2, -0.15) is 0 Å². The number of hydrogen-bond donors (Lipinski definition) is 1. The largest absolute Gasteiger partial charge is 0.497 e. The van der Waals surface area contributed by atoms with Crippen LogP contribution in [0.25, 0.3) is 0 Å². The normalized spacial score (nSPS) is 14.2. The van der Waals surface area contributed by atoms with Crippen molar-refractivity contribution in [3.63, 3.8) is 0 Å². The molecule has 1 aliphatic rings. The van der Waals surface area contributed by atoms with Crippen molar-refractivity contribution in [2.75, 3.05) is 23.3 Å². The van der Waals surface area contributed by atoms with E-state index in [1.54, 1.807) is 23.1 Å². The van der Waals surface area contributed by atoms with Crippen LogP contribution in [0.1, 0.15) is 25.8 Å². The van der Waals surface area contributed by atoms with Gasteiger partial charge in [-0.15, -0.1) is 0 Å². The number of anilines is 2. The van der Waals surface area contributed by atoms with E-state index in [0.29, 0.717) is 36.7 Å². The van der Waals surface area contributed by atoms with Gasteiger partial charge >= 0.3 is 0 Å². The number of hydrogen-bond acceptors (Lipinski definition) is 4. The molecule has 0 saturated carbocycles. The number of amides is 1. The van der Waals surface area contributed by atoms with E-state index in [4.69, 9.17) is 4.74 Å². The summed E-state index contributed by atoms with van der Waals surface area (Å²) in [6.45, 7) is 4.79. The molecule has 0 atom stereocenters. The number of nitrogens with one attached hydrogen (secondary N) is 1. The highest BCUT2D eigenvalue weighted by Crippen LogP contribution is 2.32. The Morgan fingerprint density at radius 2 is 1.93 bits per heavy atom. The number of aryl methyl sites for hydroxylation is 1. The van der Waals surface area contributed by atoms with Crippen LogP contribution in [0.2, 0.25) is 0 Å². The van der Waals surface area contributed by atoms with Crippen LogP contribution in [0.15, 0.2) is 47.4 Å². The summed E-state index contributed by atoms with van der Waals surface area (Å²) in [7, 11) is -2.23. The molecule has 3 rings (SSSR count). The maximum absolute atomic E-state index is 12.7. The Labute approximate surface area is 160 Å². The zero-order chi connectivity index (χ0) is 19.6. The lowest BCUT2D eigenvalue weighted by Crippen LogP contribution is -2.37. The number of fused-ring (bicyclic) bond motifs is 1. The van der Waals surface area contributed by atoms with E-state index in [1.165, 1.54) is 19.2 Å². The minimum atomic E-state index is -3.73. The summed E-state index contributed by atoms with van der Waals surface area (Å²) in [6, 6.07) is 11.7. The summed E-state index contributed by atoms with van der Waals surface area (Å²) < 4.78 is 33.1. The number of ether oxygens (including phenoxy) is 1. The first-order valence-electron chi connectivity index (χ1n) is 8.90. The van der Waals surface area contributed by atoms with E-state index >= 15 is 0 Å². The molecule has 1 N–H and O–H groups in total. The highest BCUT2D eigenvalue weighted by molar-refractivity contribution is 7.92. The van der Waals surface area contributed by atoms with E-state index in [1.807, 2.05) is 12.1 Å². The summed E-state index contributed by atoms with van der Waals surface area (Å²) in [5, 5.41) is 0. The van der Waals surface area contributed by atoms with Gasteiger partial charge < -0.3 is 9.64 Å². The van der Waals surface area contributed by atoms with Crippen molar-refractivity contribution in [2.45, 2.75) is 31.6 Å². The van der Waals surface area contributed by atoms with E-state index in [-0.39, 0.29) is 10.8 Å². The molecule has 0 aliphatic carbocycles. The Balaban J connectivity index is 1.87. The van der Waals surface area contributed by atoms with Gasteiger partial charge in [0.25, 0.3) is 10.0 Å². The molecule has 0 fully saturated rings. The molecule has 1 heterocycles. The zero-order valence-corrected chi connectivity index (χ0v) is 16.5. The summed E-state index contributed by atoms with van der Waals surface area (Å²) in [5.41, 5.74) is 2.32. The van der Waals surface area contributed by atoms with Crippen molar-refractivity contribution in [3.05, 3.63) is 48.0 Å². The predicted molar refractivity (Wildman–Crippen MR) is 106 cm³/mol. The fourth-order valence-corrected chi connectivity index (χ4v) is 4.26. The molecule has 0 spiro atoms. The van der Waals surface area contributed by atoms with E-state index in [2.05, 4.69) is 18.6 Å². The first kappa shape index (κ1) is 19.2. The molecule has 2 aromatic carbocycles. The van der Waals surface area contributed by atoms with Crippen molar-refractivity contribution >= 4 is 27.3 Å². The highest BCUT2D eigenvalue weighted by atomic mass is 32.2. The van der Waals surface area contributed by atoms with Gasteiger partial charge in [0, 0.05) is 30.4 Å². The summed E-state index contributed by atoms with van der Waals surface area (Å²) in [5.74, 6) is 0.943. The Kier molecular flexibility index (Phi) is 5.41. The molecular weight excluding hydrogens is 364 g/mol. The second-order valence-corrected chi connectivity index (χ2v) is 8.71. The molecule has 0 bridgehead atoms. The van der Waals surface area contributed by atoms with Crippen LogP contribution in [0.4, 0.5) is 11.4 Å².